The van der Waals surface area contributed by atoms with Gasteiger partial charge in [0.25, 0.3) is 0 Å². The molecular formula is C20H6Br4Na2O5. The largest absolute Gasteiger partial charge is 1.00 e. The molecule has 5 nitrogen and oxygen atoms in total. The van der Waals surface area contributed by atoms with Crippen LogP contribution in [0.15, 0.2) is 63.5 Å². The Kier molecular flexibility index (Phi) is 9.53. The Morgan fingerprint density at radius 1 is 0.935 bits per heavy atom. The molecular weight excluding hydrogens is 686 g/mol. The Balaban J connectivity index is 0.00000171. The van der Waals surface area contributed by atoms with Crippen LogP contribution in [-0.2, 0) is 0 Å². The summed E-state index contributed by atoms with van der Waals surface area (Å²) in [5, 5.41) is 25.3. The van der Waals surface area contributed by atoms with Gasteiger partial charge in [-0.2, -0.15) is 0 Å². The topological polar surface area (TPSA) is 93.4 Å². The van der Waals surface area contributed by atoms with Crippen molar-refractivity contribution in [2.24, 2.45) is 0 Å². The molecule has 1 aliphatic heterocycles. The summed E-state index contributed by atoms with van der Waals surface area (Å²) in [6, 6.07) is 9.67. The van der Waals surface area contributed by atoms with Crippen LogP contribution in [0.4, 0.5) is 0 Å². The van der Waals surface area contributed by atoms with Gasteiger partial charge in [-0.05, 0) is 65.5 Å². The van der Waals surface area contributed by atoms with Gasteiger partial charge in [-0.1, -0.05) is 45.9 Å². The fourth-order valence-electron chi connectivity index (χ4n) is 3.19. The van der Waals surface area contributed by atoms with E-state index >= 15 is 0 Å². The quantitative estimate of drug-likeness (QED) is 0.200. The Morgan fingerprint density at radius 3 is 2.23 bits per heavy atom. The third kappa shape index (κ3) is 4.78. The van der Waals surface area contributed by atoms with Gasteiger partial charge >= 0.3 is 59.1 Å². The van der Waals surface area contributed by atoms with Crippen LogP contribution in [-0.4, -0.2) is 5.97 Å². The van der Waals surface area contributed by atoms with Crippen LogP contribution in [0.5, 0.6) is 5.75 Å². The zero-order valence-corrected chi connectivity index (χ0v) is 26.4. The molecule has 0 saturated carbocycles. The van der Waals surface area contributed by atoms with E-state index in [-0.39, 0.29) is 90.5 Å². The normalized spacial score (nSPS) is 10.6. The number of carbonyl (C=O) groups is 1. The standard InChI is InChI=1S/C20H8Br4O5.2Na/c21-7-5-10-12(8-3-1-2-4-9(8)20(27)28)13-16(25)14(23)17(26)15(24)19(13)29-18(10)11(22)6-7;;/h1-6,25H,(H,27,28);;/q;2*+1/p-2. The van der Waals surface area contributed by atoms with Crippen LogP contribution in [0.25, 0.3) is 33.4 Å². The van der Waals surface area contributed by atoms with Crippen molar-refractivity contribution in [2.75, 3.05) is 0 Å². The molecule has 31 heavy (non-hydrogen) atoms. The molecule has 0 atom stereocenters. The van der Waals surface area contributed by atoms with Crippen molar-refractivity contribution in [3.05, 3.63) is 70.1 Å². The zero-order valence-electron chi connectivity index (χ0n) is 16.0. The van der Waals surface area contributed by atoms with Gasteiger partial charge in [0.05, 0.1) is 14.9 Å². The van der Waals surface area contributed by atoms with E-state index in [0.29, 0.717) is 25.5 Å². The van der Waals surface area contributed by atoms with Gasteiger partial charge < -0.3 is 19.4 Å². The van der Waals surface area contributed by atoms with Crippen molar-refractivity contribution >= 4 is 80.7 Å². The fourth-order valence-corrected chi connectivity index (χ4v) is 5.64. The number of rotatable bonds is 2. The average molecular weight is 692 g/mol. The van der Waals surface area contributed by atoms with Gasteiger partial charge in [0.15, 0.2) is 5.76 Å². The number of carbonyl (C=O) groups excluding carboxylic acids is 1. The van der Waals surface area contributed by atoms with Crippen molar-refractivity contribution in [1.82, 2.24) is 0 Å². The number of benzene rings is 3. The number of hydrogen-bond donors (Lipinski definition) is 0. The first-order valence-electron chi connectivity index (χ1n) is 7.96. The maximum Gasteiger partial charge on any atom is 1.00 e. The molecule has 1 aliphatic carbocycles. The molecule has 0 saturated heterocycles. The molecule has 0 N–H and O–H groups in total. The van der Waals surface area contributed by atoms with E-state index in [1.54, 1.807) is 30.3 Å². The minimum atomic E-state index is -1.39. The van der Waals surface area contributed by atoms with E-state index in [0.717, 1.165) is 0 Å². The van der Waals surface area contributed by atoms with Crippen LogP contribution in [0.3, 0.4) is 0 Å². The first kappa shape index (κ1) is 27.6. The average Bonchev–Trinajstić information content (AvgIpc) is 2.69. The molecule has 0 amide bonds. The molecule has 146 valence electrons. The smallest absolute Gasteiger partial charge is 0.871 e. The van der Waals surface area contributed by atoms with E-state index in [1.807, 2.05) is 0 Å². The minimum absolute atomic E-state index is 0. The van der Waals surface area contributed by atoms with Gasteiger partial charge in [-0.15, -0.1) is 0 Å². The number of fused-ring (bicyclic) bond motifs is 2. The van der Waals surface area contributed by atoms with E-state index in [1.165, 1.54) is 6.07 Å². The molecule has 2 aliphatic rings. The van der Waals surface area contributed by atoms with Crippen LogP contribution in [0, 0.1) is 0 Å². The zero-order chi connectivity index (χ0) is 21.0. The molecule has 0 bridgehead atoms. The van der Waals surface area contributed by atoms with E-state index in [2.05, 4.69) is 63.7 Å². The summed E-state index contributed by atoms with van der Waals surface area (Å²) >= 11 is 13.1. The Morgan fingerprint density at radius 2 is 1.58 bits per heavy atom. The third-order valence-corrected chi connectivity index (χ3v) is 6.89. The second kappa shape index (κ2) is 10.7. The number of carboxylic acid groups (broad SMARTS) is 1. The first-order valence-corrected chi connectivity index (χ1v) is 11.1. The maximum absolute atomic E-state index is 13.1. The number of aromatic carboxylic acids is 1. The molecule has 4 rings (SSSR count). The molecule has 0 fully saturated rings. The molecule has 0 aromatic heterocycles. The van der Waals surface area contributed by atoms with Crippen molar-refractivity contribution in [3.63, 3.8) is 0 Å². The molecule has 1 heterocycles. The monoisotopic (exact) mass is 688 g/mol. The summed E-state index contributed by atoms with van der Waals surface area (Å²) in [6.07, 6.45) is 0. The van der Waals surface area contributed by atoms with E-state index in [9.17, 15) is 19.8 Å². The van der Waals surface area contributed by atoms with Gasteiger partial charge in [0.2, 0.25) is 5.43 Å². The summed E-state index contributed by atoms with van der Waals surface area (Å²) in [4.78, 5) is 24.2. The Hall–Kier alpha value is 0.320. The molecule has 2 aromatic carbocycles. The van der Waals surface area contributed by atoms with E-state index < -0.39 is 17.1 Å². The second-order valence-electron chi connectivity index (χ2n) is 6.06. The van der Waals surface area contributed by atoms with Gasteiger partial charge in [-0.25, -0.2) is 0 Å². The summed E-state index contributed by atoms with van der Waals surface area (Å²) < 4.78 is 7.07. The number of carboxylic acids is 1. The van der Waals surface area contributed by atoms with Crippen molar-refractivity contribution in [3.8, 4) is 28.2 Å². The predicted molar refractivity (Wildman–Crippen MR) is 119 cm³/mol. The van der Waals surface area contributed by atoms with Crippen molar-refractivity contribution in [1.29, 1.82) is 0 Å². The summed E-state index contributed by atoms with van der Waals surface area (Å²) in [5.74, 6) is -1.96. The Labute approximate surface area is 254 Å². The summed E-state index contributed by atoms with van der Waals surface area (Å²) in [6.45, 7) is 0. The maximum atomic E-state index is 13.1. The molecule has 0 spiro atoms. The number of halogens is 4. The summed E-state index contributed by atoms with van der Waals surface area (Å²) in [5.41, 5.74) is 0.390. The van der Waals surface area contributed by atoms with Crippen molar-refractivity contribution in [2.45, 2.75) is 0 Å². The van der Waals surface area contributed by atoms with E-state index in [4.69, 9.17) is 4.42 Å². The van der Waals surface area contributed by atoms with Gasteiger partial charge in [0.1, 0.15) is 10.1 Å². The van der Waals surface area contributed by atoms with Gasteiger partial charge in [0, 0.05) is 26.5 Å². The molecule has 0 unspecified atom stereocenters. The molecule has 11 heteroatoms. The third-order valence-electron chi connectivity index (χ3n) is 4.40. The molecule has 2 aromatic rings. The molecule has 0 radical (unpaired) electrons. The minimum Gasteiger partial charge on any atom is -0.871 e. The summed E-state index contributed by atoms with van der Waals surface area (Å²) in [7, 11) is 0. The first-order chi connectivity index (χ1) is 13.7. The SMILES string of the molecule is O=C([O-])c1ccccc1-c1c2c([O-])c(Br)c(=O)c(Br)c-2oc2c(Br)cc(Br)cc12.[Na+].[Na+]. The second-order valence-corrected chi connectivity index (χ2v) is 9.42. The van der Waals surface area contributed by atoms with Crippen molar-refractivity contribution < 1.29 is 78.5 Å². The van der Waals surface area contributed by atoms with Crippen LogP contribution >= 0.6 is 63.7 Å². The van der Waals surface area contributed by atoms with Crippen LogP contribution < -0.4 is 74.8 Å². The van der Waals surface area contributed by atoms with Crippen LogP contribution in [0.1, 0.15) is 10.4 Å². The number of hydrogen-bond acceptors (Lipinski definition) is 5. The Bertz CT molecular complexity index is 1370. The van der Waals surface area contributed by atoms with Crippen LogP contribution in [0.2, 0.25) is 0 Å². The fraction of sp³-hybridized carbons (Fsp3) is 0. The predicted octanol–water partition coefficient (Wildman–Crippen LogP) is -0.940. The van der Waals surface area contributed by atoms with Gasteiger partial charge in [-0.3, -0.25) is 4.79 Å².